The van der Waals surface area contributed by atoms with Gasteiger partial charge in [-0.2, -0.15) is 0 Å². The lowest BCUT2D eigenvalue weighted by atomic mass is 10.0. The highest BCUT2D eigenvalue weighted by atomic mass is 32.1. The first-order chi connectivity index (χ1) is 9.35. The Morgan fingerprint density at radius 1 is 1.58 bits per heavy atom. The molecule has 19 heavy (non-hydrogen) atoms. The zero-order chi connectivity index (χ0) is 13.5. The van der Waals surface area contributed by atoms with Crippen LogP contribution in [-0.4, -0.2) is 26.4 Å². The summed E-state index contributed by atoms with van der Waals surface area (Å²) in [5.41, 5.74) is 0. The van der Waals surface area contributed by atoms with Gasteiger partial charge in [-0.05, 0) is 50.1 Å². The summed E-state index contributed by atoms with van der Waals surface area (Å²) in [6.45, 7) is 4.20. The normalized spacial score (nSPS) is 20.6. The highest BCUT2D eigenvalue weighted by molar-refractivity contribution is 7.10. The first kappa shape index (κ1) is 14.8. The Labute approximate surface area is 120 Å². The molecule has 0 spiro atoms. The van der Waals surface area contributed by atoms with Crippen molar-refractivity contribution in [3.63, 3.8) is 0 Å². The third-order valence-electron chi connectivity index (χ3n) is 3.64. The van der Waals surface area contributed by atoms with Crippen LogP contribution in [0.2, 0.25) is 0 Å². The number of rotatable bonds is 8. The fourth-order valence-corrected chi connectivity index (χ4v) is 3.57. The molecule has 1 saturated heterocycles. The minimum absolute atomic E-state index is 0.402. The summed E-state index contributed by atoms with van der Waals surface area (Å²) in [6.07, 6.45) is 6.34. The Morgan fingerprint density at radius 2 is 2.47 bits per heavy atom. The van der Waals surface area contributed by atoms with Gasteiger partial charge in [0.25, 0.3) is 0 Å². The van der Waals surface area contributed by atoms with Crippen molar-refractivity contribution in [1.29, 1.82) is 0 Å². The van der Waals surface area contributed by atoms with Gasteiger partial charge in [0.2, 0.25) is 0 Å². The van der Waals surface area contributed by atoms with Gasteiger partial charge in [0.05, 0.1) is 18.1 Å². The molecule has 2 atom stereocenters. The van der Waals surface area contributed by atoms with Gasteiger partial charge in [-0.25, -0.2) is 0 Å². The Balaban J connectivity index is 1.94. The van der Waals surface area contributed by atoms with Gasteiger partial charge >= 0.3 is 0 Å². The molecule has 1 fully saturated rings. The Morgan fingerprint density at radius 3 is 3.16 bits per heavy atom. The van der Waals surface area contributed by atoms with Gasteiger partial charge in [0.15, 0.2) is 0 Å². The Kier molecular flexibility index (Phi) is 6.14. The number of thiophene rings is 1. The van der Waals surface area contributed by atoms with Crippen LogP contribution in [0.4, 0.5) is 0 Å². The summed E-state index contributed by atoms with van der Waals surface area (Å²) in [5, 5.41) is 5.76. The molecule has 0 aromatic carbocycles. The second-order valence-electron chi connectivity index (χ2n) is 5.07. The molecule has 2 heterocycles. The molecule has 3 nitrogen and oxygen atoms in total. The lowest BCUT2D eigenvalue weighted by molar-refractivity contribution is 0.0996. The third kappa shape index (κ3) is 4.20. The van der Waals surface area contributed by atoms with Crippen molar-refractivity contribution in [1.82, 2.24) is 5.32 Å². The van der Waals surface area contributed by atoms with Gasteiger partial charge in [0, 0.05) is 12.6 Å². The van der Waals surface area contributed by atoms with Gasteiger partial charge in [-0.1, -0.05) is 6.92 Å². The molecule has 1 aromatic rings. The molecule has 2 rings (SSSR count). The van der Waals surface area contributed by atoms with Crippen molar-refractivity contribution in [2.24, 2.45) is 0 Å². The average molecular weight is 283 g/mol. The molecule has 1 aromatic heterocycles. The highest BCUT2D eigenvalue weighted by Gasteiger charge is 2.21. The smallest absolute Gasteiger partial charge is 0.134 e. The first-order valence-electron chi connectivity index (χ1n) is 7.31. The van der Waals surface area contributed by atoms with Crippen molar-refractivity contribution in [3.8, 4) is 5.75 Å². The van der Waals surface area contributed by atoms with Gasteiger partial charge in [-0.15, -0.1) is 11.3 Å². The molecule has 1 N–H and O–H groups in total. The number of nitrogens with one attached hydrogen (secondary N) is 1. The van der Waals surface area contributed by atoms with Crippen molar-refractivity contribution in [3.05, 3.63) is 16.3 Å². The molecule has 1 aliphatic rings. The number of methoxy groups -OCH3 is 1. The summed E-state index contributed by atoms with van der Waals surface area (Å²) >= 11 is 1.79. The maximum atomic E-state index is 5.73. The van der Waals surface area contributed by atoms with Crippen LogP contribution < -0.4 is 10.1 Å². The summed E-state index contributed by atoms with van der Waals surface area (Å²) in [4.78, 5) is 1.33. The predicted octanol–water partition coefficient (Wildman–Crippen LogP) is 3.76. The van der Waals surface area contributed by atoms with Crippen LogP contribution in [-0.2, 0) is 4.74 Å². The van der Waals surface area contributed by atoms with E-state index in [0.29, 0.717) is 12.1 Å². The molecule has 0 radical (unpaired) electrons. The van der Waals surface area contributed by atoms with Crippen molar-refractivity contribution < 1.29 is 9.47 Å². The summed E-state index contributed by atoms with van der Waals surface area (Å²) < 4.78 is 11.2. The van der Waals surface area contributed by atoms with E-state index in [9.17, 15) is 0 Å². The molecule has 0 saturated carbocycles. The van der Waals surface area contributed by atoms with E-state index >= 15 is 0 Å². The van der Waals surface area contributed by atoms with Crippen molar-refractivity contribution in [2.75, 3.05) is 20.3 Å². The molecule has 2 unspecified atom stereocenters. The summed E-state index contributed by atoms with van der Waals surface area (Å²) in [5.74, 6) is 1.02. The lowest BCUT2D eigenvalue weighted by Gasteiger charge is -2.20. The van der Waals surface area contributed by atoms with Crippen molar-refractivity contribution in [2.45, 2.75) is 51.2 Å². The van der Waals surface area contributed by atoms with E-state index in [1.807, 2.05) is 0 Å². The standard InChI is InChI=1S/C15H25NO2S/c1-3-9-16-13(7-6-12-5-4-10-18-12)15-14(17-2)8-11-19-15/h8,11-13,16H,3-7,9-10H2,1-2H3. The van der Waals surface area contributed by atoms with Gasteiger partial charge in [0.1, 0.15) is 5.75 Å². The molecule has 0 aliphatic carbocycles. The van der Waals surface area contributed by atoms with Crippen LogP contribution >= 0.6 is 11.3 Å². The van der Waals surface area contributed by atoms with Crippen LogP contribution in [0.25, 0.3) is 0 Å². The monoisotopic (exact) mass is 283 g/mol. The van der Waals surface area contributed by atoms with Gasteiger partial charge < -0.3 is 14.8 Å². The van der Waals surface area contributed by atoms with Gasteiger partial charge in [-0.3, -0.25) is 0 Å². The quantitative estimate of drug-likeness (QED) is 0.788. The molecular formula is C15H25NO2S. The minimum atomic E-state index is 0.402. The fraction of sp³-hybridized carbons (Fsp3) is 0.733. The Bertz CT molecular complexity index is 361. The molecule has 0 amide bonds. The van der Waals surface area contributed by atoms with E-state index in [2.05, 4.69) is 23.7 Å². The minimum Gasteiger partial charge on any atom is -0.496 e. The zero-order valence-corrected chi connectivity index (χ0v) is 12.8. The number of hydrogen-bond acceptors (Lipinski definition) is 4. The van der Waals surface area contributed by atoms with E-state index in [0.717, 1.165) is 38.2 Å². The van der Waals surface area contributed by atoms with E-state index in [1.54, 1.807) is 18.4 Å². The van der Waals surface area contributed by atoms with Crippen LogP contribution in [0.3, 0.4) is 0 Å². The largest absolute Gasteiger partial charge is 0.496 e. The summed E-state index contributed by atoms with van der Waals surface area (Å²) in [6, 6.07) is 2.46. The van der Waals surface area contributed by atoms with E-state index in [1.165, 1.54) is 17.7 Å². The maximum Gasteiger partial charge on any atom is 0.134 e. The van der Waals surface area contributed by atoms with Crippen LogP contribution in [0.5, 0.6) is 5.75 Å². The van der Waals surface area contributed by atoms with E-state index in [-0.39, 0.29) is 0 Å². The maximum absolute atomic E-state index is 5.73. The molecule has 0 bridgehead atoms. The third-order valence-corrected chi connectivity index (χ3v) is 4.65. The molecular weight excluding hydrogens is 258 g/mol. The second kappa shape index (κ2) is 7.88. The number of hydrogen-bond donors (Lipinski definition) is 1. The molecule has 4 heteroatoms. The second-order valence-corrected chi connectivity index (χ2v) is 6.02. The molecule has 108 valence electrons. The SMILES string of the molecule is CCCNC(CCC1CCCO1)c1sccc1OC. The predicted molar refractivity (Wildman–Crippen MR) is 80.1 cm³/mol. The zero-order valence-electron chi connectivity index (χ0n) is 12.0. The van der Waals surface area contributed by atoms with Crippen LogP contribution in [0, 0.1) is 0 Å². The Hall–Kier alpha value is -0.580. The van der Waals surface area contributed by atoms with E-state index in [4.69, 9.17) is 9.47 Å². The first-order valence-corrected chi connectivity index (χ1v) is 8.19. The lowest BCUT2D eigenvalue weighted by Crippen LogP contribution is -2.23. The fourth-order valence-electron chi connectivity index (χ4n) is 2.60. The topological polar surface area (TPSA) is 30.5 Å². The highest BCUT2D eigenvalue weighted by Crippen LogP contribution is 2.34. The summed E-state index contributed by atoms with van der Waals surface area (Å²) in [7, 11) is 1.75. The van der Waals surface area contributed by atoms with Crippen LogP contribution in [0.1, 0.15) is 49.9 Å². The number of ether oxygens (including phenoxy) is 2. The van der Waals surface area contributed by atoms with Crippen LogP contribution in [0.15, 0.2) is 11.4 Å². The van der Waals surface area contributed by atoms with Crippen molar-refractivity contribution >= 4 is 11.3 Å². The van der Waals surface area contributed by atoms with E-state index < -0.39 is 0 Å². The average Bonchev–Trinajstić information content (AvgIpc) is 3.09. The molecule has 1 aliphatic heterocycles.